The third kappa shape index (κ3) is 16.9. The Kier molecular flexibility index (Phi) is 20.1. The van der Waals surface area contributed by atoms with Crippen LogP contribution < -0.4 is 0 Å². The Morgan fingerprint density at radius 1 is 0.970 bits per heavy atom. The average molecular weight is 477 g/mol. The summed E-state index contributed by atoms with van der Waals surface area (Å²) in [6.45, 7) is 1.53. The summed E-state index contributed by atoms with van der Waals surface area (Å²) in [6, 6.07) is -0.646. The van der Waals surface area contributed by atoms with Gasteiger partial charge in [0.2, 0.25) is 0 Å². The van der Waals surface area contributed by atoms with Crippen molar-refractivity contribution in [3.8, 4) is 0 Å². The van der Waals surface area contributed by atoms with Gasteiger partial charge in [0.05, 0.1) is 54.3 Å². The van der Waals surface area contributed by atoms with Crippen molar-refractivity contribution in [1.82, 2.24) is 4.90 Å². The van der Waals surface area contributed by atoms with E-state index >= 15 is 0 Å². The summed E-state index contributed by atoms with van der Waals surface area (Å²) < 4.78 is 20.0. The maximum Gasteiger partial charge on any atom is 0.323 e. The van der Waals surface area contributed by atoms with Gasteiger partial charge in [-0.05, 0) is 18.4 Å². The van der Waals surface area contributed by atoms with Crippen LogP contribution >= 0.6 is 0 Å². The number of hydrogen-bond donors (Lipinski definition) is 0. The summed E-state index contributed by atoms with van der Waals surface area (Å²) in [5.41, 5.74) is 8.13. The van der Waals surface area contributed by atoms with Gasteiger partial charge in [0.25, 0.3) is 0 Å². The maximum absolute atomic E-state index is 12.3. The Morgan fingerprint density at radius 2 is 1.73 bits per heavy atom. The molecule has 1 atom stereocenters. The molecule has 0 aliphatic carbocycles. The standard InChI is InChI=1S/C20H36N4O9/c1-28-19(26)15-24(10-12-33-30-3)18(20(27)29-2)8-6-4-5-7-17(25)16-32-14-13-31-11-9-22-23-21/h18H,4-16H2,1-3H3. The first-order valence-electron chi connectivity index (χ1n) is 10.7. The fraction of sp³-hybridized carbons (Fsp3) is 0.850. The molecule has 0 saturated heterocycles. The summed E-state index contributed by atoms with van der Waals surface area (Å²) in [4.78, 5) is 49.6. The molecule has 0 bridgehead atoms. The van der Waals surface area contributed by atoms with Crippen LogP contribution in [0.15, 0.2) is 5.11 Å². The average Bonchev–Trinajstić information content (AvgIpc) is 2.82. The van der Waals surface area contributed by atoms with E-state index in [0.29, 0.717) is 38.9 Å². The number of hydrogen-bond acceptors (Lipinski definition) is 11. The largest absolute Gasteiger partial charge is 0.468 e. The molecule has 1 unspecified atom stereocenters. The highest BCUT2D eigenvalue weighted by Crippen LogP contribution is 2.13. The van der Waals surface area contributed by atoms with Gasteiger partial charge in [0.1, 0.15) is 12.6 Å². The molecule has 0 heterocycles. The lowest BCUT2D eigenvalue weighted by atomic mass is 10.0. The van der Waals surface area contributed by atoms with Crippen LogP contribution in [0.4, 0.5) is 0 Å². The lowest BCUT2D eigenvalue weighted by Gasteiger charge is -2.28. The van der Waals surface area contributed by atoms with E-state index in [0.717, 1.165) is 6.42 Å². The summed E-state index contributed by atoms with van der Waals surface area (Å²) in [7, 11) is 3.94. The van der Waals surface area contributed by atoms with Crippen molar-refractivity contribution in [3.05, 3.63) is 10.4 Å². The van der Waals surface area contributed by atoms with Crippen LogP contribution in [-0.2, 0) is 43.1 Å². The summed E-state index contributed by atoms with van der Waals surface area (Å²) in [5, 5.41) is 3.34. The molecule has 0 spiro atoms. The van der Waals surface area contributed by atoms with E-state index in [9.17, 15) is 14.4 Å². The molecule has 0 N–H and O–H groups in total. The van der Waals surface area contributed by atoms with E-state index in [2.05, 4.69) is 14.9 Å². The zero-order chi connectivity index (χ0) is 24.7. The van der Waals surface area contributed by atoms with E-state index in [1.54, 1.807) is 4.90 Å². The number of unbranched alkanes of at least 4 members (excludes halogenated alkanes) is 2. The molecule has 13 nitrogen and oxygen atoms in total. The number of Topliss-reactive ketones (excluding diaryl/α,β-unsaturated/α-hetero) is 1. The third-order valence-corrected chi connectivity index (χ3v) is 4.52. The second-order valence-corrected chi connectivity index (χ2v) is 6.83. The van der Waals surface area contributed by atoms with Crippen LogP contribution in [0.2, 0.25) is 0 Å². The monoisotopic (exact) mass is 476 g/mol. The number of nitrogens with zero attached hydrogens (tertiary/aromatic N) is 4. The van der Waals surface area contributed by atoms with Crippen LogP contribution in [0.5, 0.6) is 0 Å². The normalized spacial score (nSPS) is 11.6. The summed E-state index contributed by atoms with van der Waals surface area (Å²) >= 11 is 0. The Bertz CT molecular complexity index is 600. The number of ketones is 1. The molecule has 13 heteroatoms. The highest BCUT2D eigenvalue weighted by atomic mass is 17.2. The van der Waals surface area contributed by atoms with Crippen LogP contribution in [0, 0.1) is 0 Å². The Labute approximate surface area is 194 Å². The quantitative estimate of drug-likeness (QED) is 0.0425. The molecule has 0 aromatic carbocycles. The molecule has 33 heavy (non-hydrogen) atoms. The second kappa shape index (κ2) is 21.6. The minimum Gasteiger partial charge on any atom is -0.468 e. The number of carbonyl (C=O) groups excluding carboxylic acids is 3. The third-order valence-electron chi connectivity index (χ3n) is 4.52. The Hall–Kier alpha value is -2.28. The number of methoxy groups -OCH3 is 2. The van der Waals surface area contributed by atoms with E-state index in [4.69, 9.17) is 29.4 Å². The second-order valence-electron chi connectivity index (χ2n) is 6.83. The molecule has 190 valence electrons. The SMILES string of the molecule is COOCCN(CC(=O)OC)C(CCCCCC(=O)COCCOCCN=[N+]=[N-])C(=O)OC. The topological polar surface area (TPSA) is 159 Å². The van der Waals surface area contributed by atoms with Crippen molar-refractivity contribution in [2.45, 2.75) is 38.1 Å². The van der Waals surface area contributed by atoms with Crippen LogP contribution in [0.3, 0.4) is 0 Å². The van der Waals surface area contributed by atoms with E-state index < -0.39 is 18.0 Å². The van der Waals surface area contributed by atoms with Crippen LogP contribution in [0.1, 0.15) is 32.1 Å². The highest BCUT2D eigenvalue weighted by Gasteiger charge is 2.28. The van der Waals surface area contributed by atoms with Gasteiger partial charge in [-0.3, -0.25) is 19.3 Å². The van der Waals surface area contributed by atoms with E-state index in [1.807, 2.05) is 0 Å². The number of esters is 2. The number of carbonyl (C=O) groups is 3. The molecule has 0 aliphatic rings. The van der Waals surface area contributed by atoms with Gasteiger partial charge >= 0.3 is 11.9 Å². The Balaban J connectivity index is 4.26. The zero-order valence-corrected chi connectivity index (χ0v) is 19.7. The molecule has 0 radical (unpaired) electrons. The lowest BCUT2D eigenvalue weighted by Crippen LogP contribution is -2.46. The van der Waals surface area contributed by atoms with Gasteiger partial charge in [0, 0.05) is 24.4 Å². The van der Waals surface area contributed by atoms with Gasteiger partial charge in [-0.2, -0.15) is 0 Å². The predicted octanol–water partition coefficient (Wildman–Crippen LogP) is 1.44. The molecule has 0 aromatic rings. The minimum absolute atomic E-state index is 0.0108. The molecule has 0 saturated carbocycles. The fourth-order valence-electron chi connectivity index (χ4n) is 2.86. The first-order valence-corrected chi connectivity index (χ1v) is 10.7. The smallest absolute Gasteiger partial charge is 0.323 e. The molecule has 0 aromatic heterocycles. The van der Waals surface area contributed by atoms with Crippen LogP contribution in [-0.4, -0.2) is 103 Å². The van der Waals surface area contributed by atoms with Gasteiger partial charge in [0.15, 0.2) is 5.78 Å². The van der Waals surface area contributed by atoms with Crippen molar-refractivity contribution in [2.75, 3.05) is 74.0 Å². The van der Waals surface area contributed by atoms with Crippen molar-refractivity contribution in [2.24, 2.45) is 5.11 Å². The highest BCUT2D eigenvalue weighted by molar-refractivity contribution is 5.79. The first kappa shape index (κ1) is 30.7. The van der Waals surface area contributed by atoms with E-state index in [-0.39, 0.29) is 45.2 Å². The van der Waals surface area contributed by atoms with Gasteiger partial charge in [-0.1, -0.05) is 18.0 Å². The zero-order valence-electron chi connectivity index (χ0n) is 19.7. The molecule has 0 rings (SSSR count). The van der Waals surface area contributed by atoms with Crippen LogP contribution in [0.25, 0.3) is 10.4 Å². The molecular formula is C20H36N4O9. The van der Waals surface area contributed by atoms with Crippen molar-refractivity contribution in [1.29, 1.82) is 0 Å². The fourth-order valence-corrected chi connectivity index (χ4v) is 2.86. The summed E-state index contributed by atoms with van der Waals surface area (Å²) in [5.74, 6) is -0.951. The van der Waals surface area contributed by atoms with Gasteiger partial charge in [-0.25, -0.2) is 9.78 Å². The Morgan fingerprint density at radius 3 is 2.39 bits per heavy atom. The van der Waals surface area contributed by atoms with Crippen molar-refractivity contribution in [3.63, 3.8) is 0 Å². The van der Waals surface area contributed by atoms with Crippen molar-refractivity contribution < 1.29 is 43.1 Å². The van der Waals surface area contributed by atoms with Gasteiger partial charge < -0.3 is 18.9 Å². The summed E-state index contributed by atoms with van der Waals surface area (Å²) in [6.07, 6.45) is 2.86. The first-order chi connectivity index (χ1) is 16.0. The van der Waals surface area contributed by atoms with Crippen molar-refractivity contribution >= 4 is 17.7 Å². The number of ether oxygens (including phenoxy) is 4. The minimum atomic E-state index is -0.646. The molecule has 0 amide bonds. The number of azide groups is 1. The molecular weight excluding hydrogens is 440 g/mol. The molecule has 0 aliphatic heterocycles. The van der Waals surface area contributed by atoms with E-state index in [1.165, 1.54) is 21.3 Å². The maximum atomic E-state index is 12.3. The molecule has 0 fully saturated rings. The predicted molar refractivity (Wildman–Crippen MR) is 116 cm³/mol. The number of rotatable bonds is 22. The van der Waals surface area contributed by atoms with Gasteiger partial charge in [-0.15, -0.1) is 0 Å². The lowest BCUT2D eigenvalue weighted by molar-refractivity contribution is -0.274.